The van der Waals surface area contributed by atoms with Crippen molar-refractivity contribution in [2.24, 2.45) is 0 Å². The number of rotatable bonds is 3. The van der Waals surface area contributed by atoms with Gasteiger partial charge in [-0.3, -0.25) is 14.9 Å². The van der Waals surface area contributed by atoms with E-state index in [0.29, 0.717) is 9.13 Å². The molecule has 1 heterocycles. The summed E-state index contributed by atoms with van der Waals surface area (Å²) in [5, 5.41) is 21.4. The predicted octanol–water partition coefficient (Wildman–Crippen LogP) is 2.38. The molecule has 1 aliphatic rings. The minimum absolute atomic E-state index is 0.0266. The van der Waals surface area contributed by atoms with Crippen molar-refractivity contribution in [3.8, 4) is 17.2 Å². The maximum atomic E-state index is 12.8. The van der Waals surface area contributed by atoms with E-state index in [1.54, 1.807) is 6.07 Å². The van der Waals surface area contributed by atoms with Crippen LogP contribution in [0.3, 0.4) is 0 Å². The summed E-state index contributed by atoms with van der Waals surface area (Å²) in [5.41, 5.74) is 0.380. The molecule has 3 rings (SSSR count). The summed E-state index contributed by atoms with van der Waals surface area (Å²) in [6.07, 6.45) is 1.31. The number of phenolic OH excluding ortho intramolecular Hbond substituents is 2. The third kappa shape index (κ3) is 3.58. The molecule has 27 heavy (non-hydrogen) atoms. The summed E-state index contributed by atoms with van der Waals surface area (Å²) < 4.78 is 5.54. The Hall–Kier alpha value is -3.08. The van der Waals surface area contributed by atoms with Gasteiger partial charge in [0.05, 0.1) is 16.4 Å². The van der Waals surface area contributed by atoms with Crippen LogP contribution in [0.25, 0.3) is 6.08 Å². The van der Waals surface area contributed by atoms with Gasteiger partial charge in [0.25, 0.3) is 11.8 Å². The molecular formula is C18H13IN2O6. The molecule has 138 valence electrons. The van der Waals surface area contributed by atoms with Gasteiger partial charge < -0.3 is 14.9 Å². The summed E-state index contributed by atoms with van der Waals surface area (Å²) in [6.45, 7) is 0. The fraction of sp³-hybridized carbons (Fsp3) is 0.0556. The highest BCUT2D eigenvalue weighted by Gasteiger charge is 2.36. The molecule has 0 bridgehead atoms. The molecule has 0 aliphatic carbocycles. The van der Waals surface area contributed by atoms with Gasteiger partial charge in [-0.25, -0.2) is 9.69 Å². The Balaban J connectivity index is 2.04. The van der Waals surface area contributed by atoms with Crippen molar-refractivity contribution in [2.45, 2.75) is 0 Å². The SMILES string of the molecule is COc1cc(C=C2C(=O)NC(=O)N(c3ccc(O)cc3)C2=O)cc(I)c1O. The van der Waals surface area contributed by atoms with Crippen molar-refractivity contribution < 1.29 is 29.3 Å². The zero-order valence-electron chi connectivity index (χ0n) is 13.9. The summed E-state index contributed by atoms with van der Waals surface area (Å²) in [6, 6.07) is 7.55. The van der Waals surface area contributed by atoms with E-state index >= 15 is 0 Å². The smallest absolute Gasteiger partial charge is 0.335 e. The second kappa shape index (κ2) is 7.27. The first kappa shape index (κ1) is 18.7. The van der Waals surface area contributed by atoms with Crippen LogP contribution in [0, 0.1) is 3.57 Å². The van der Waals surface area contributed by atoms with E-state index in [4.69, 9.17) is 4.74 Å². The number of nitrogens with zero attached hydrogens (tertiary/aromatic N) is 1. The van der Waals surface area contributed by atoms with Gasteiger partial charge in [-0.2, -0.15) is 0 Å². The minimum atomic E-state index is -0.884. The number of imide groups is 2. The van der Waals surface area contributed by atoms with Crippen LogP contribution in [-0.4, -0.2) is 35.2 Å². The van der Waals surface area contributed by atoms with Gasteiger partial charge in [-0.05, 0) is 70.6 Å². The molecule has 0 saturated carbocycles. The lowest BCUT2D eigenvalue weighted by Gasteiger charge is -2.26. The molecule has 3 N–H and O–H groups in total. The molecular weight excluding hydrogens is 467 g/mol. The van der Waals surface area contributed by atoms with Crippen LogP contribution in [0.1, 0.15) is 5.56 Å². The number of methoxy groups -OCH3 is 1. The number of halogens is 1. The first-order valence-electron chi connectivity index (χ1n) is 7.59. The van der Waals surface area contributed by atoms with Gasteiger partial charge in [0.2, 0.25) is 0 Å². The molecule has 1 fully saturated rings. The van der Waals surface area contributed by atoms with Gasteiger partial charge in [0.15, 0.2) is 11.5 Å². The number of anilines is 1. The molecule has 2 aromatic carbocycles. The summed E-state index contributed by atoms with van der Waals surface area (Å²) >= 11 is 1.89. The molecule has 1 aliphatic heterocycles. The maximum absolute atomic E-state index is 12.8. The highest BCUT2D eigenvalue weighted by molar-refractivity contribution is 14.1. The highest BCUT2D eigenvalue weighted by Crippen LogP contribution is 2.33. The standard InChI is InChI=1S/C18H13IN2O6/c1-27-14-8-9(7-13(19)15(14)23)6-12-16(24)20-18(26)21(17(12)25)10-2-4-11(22)5-3-10/h2-8,22-23H,1H3,(H,20,24,26). The lowest BCUT2D eigenvalue weighted by Crippen LogP contribution is -2.54. The zero-order chi connectivity index (χ0) is 19.7. The number of barbiturate groups is 1. The Labute approximate surface area is 167 Å². The van der Waals surface area contributed by atoms with Crippen LogP contribution in [0.2, 0.25) is 0 Å². The number of hydrogen-bond acceptors (Lipinski definition) is 6. The van der Waals surface area contributed by atoms with Crippen molar-refractivity contribution in [3.05, 3.63) is 51.1 Å². The molecule has 0 unspecified atom stereocenters. The summed E-state index contributed by atoms with van der Waals surface area (Å²) in [5.74, 6) is -1.54. The largest absolute Gasteiger partial charge is 0.508 e. The molecule has 0 spiro atoms. The number of carbonyl (C=O) groups excluding carboxylic acids is 3. The first-order chi connectivity index (χ1) is 12.8. The Bertz CT molecular complexity index is 984. The second-order valence-electron chi connectivity index (χ2n) is 5.53. The van der Waals surface area contributed by atoms with Crippen LogP contribution in [-0.2, 0) is 9.59 Å². The molecule has 8 nitrogen and oxygen atoms in total. The average molecular weight is 480 g/mol. The van der Waals surface area contributed by atoms with Gasteiger partial charge in [0, 0.05) is 0 Å². The van der Waals surface area contributed by atoms with E-state index in [2.05, 4.69) is 5.32 Å². The molecule has 4 amide bonds. The summed E-state index contributed by atoms with van der Waals surface area (Å²) in [7, 11) is 1.38. The molecule has 2 aromatic rings. The van der Waals surface area contributed by atoms with Gasteiger partial charge in [-0.15, -0.1) is 0 Å². The Morgan fingerprint density at radius 3 is 2.41 bits per heavy atom. The Morgan fingerprint density at radius 2 is 1.78 bits per heavy atom. The van der Waals surface area contributed by atoms with Crippen LogP contribution in [0.4, 0.5) is 10.5 Å². The van der Waals surface area contributed by atoms with E-state index in [9.17, 15) is 24.6 Å². The van der Waals surface area contributed by atoms with Crippen LogP contribution < -0.4 is 15.0 Å². The van der Waals surface area contributed by atoms with Crippen molar-refractivity contribution in [1.82, 2.24) is 5.32 Å². The average Bonchev–Trinajstić information content (AvgIpc) is 2.62. The minimum Gasteiger partial charge on any atom is -0.508 e. The lowest BCUT2D eigenvalue weighted by molar-refractivity contribution is -0.122. The molecule has 0 atom stereocenters. The van der Waals surface area contributed by atoms with Crippen LogP contribution >= 0.6 is 22.6 Å². The van der Waals surface area contributed by atoms with Crippen molar-refractivity contribution in [2.75, 3.05) is 12.0 Å². The second-order valence-corrected chi connectivity index (χ2v) is 6.69. The fourth-order valence-corrected chi connectivity index (χ4v) is 3.12. The number of nitrogens with one attached hydrogen (secondary N) is 1. The number of amides is 4. The normalized spacial score (nSPS) is 15.9. The number of benzene rings is 2. The number of phenols is 2. The summed E-state index contributed by atoms with van der Waals surface area (Å²) in [4.78, 5) is 37.9. The Kier molecular flexibility index (Phi) is 5.04. The van der Waals surface area contributed by atoms with Crippen molar-refractivity contribution >= 4 is 52.2 Å². The van der Waals surface area contributed by atoms with Gasteiger partial charge in [0.1, 0.15) is 11.3 Å². The maximum Gasteiger partial charge on any atom is 0.335 e. The quantitative estimate of drug-likeness (QED) is 0.353. The number of aromatic hydroxyl groups is 2. The van der Waals surface area contributed by atoms with E-state index in [1.165, 1.54) is 43.5 Å². The van der Waals surface area contributed by atoms with Gasteiger partial charge in [-0.1, -0.05) is 0 Å². The zero-order valence-corrected chi connectivity index (χ0v) is 16.1. The van der Waals surface area contributed by atoms with Gasteiger partial charge >= 0.3 is 6.03 Å². The molecule has 0 radical (unpaired) electrons. The molecule has 9 heteroatoms. The van der Waals surface area contributed by atoms with Crippen molar-refractivity contribution in [1.29, 1.82) is 0 Å². The fourth-order valence-electron chi connectivity index (χ4n) is 2.49. The number of urea groups is 1. The number of carbonyl (C=O) groups is 3. The number of hydrogen-bond donors (Lipinski definition) is 3. The highest BCUT2D eigenvalue weighted by atomic mass is 127. The topological polar surface area (TPSA) is 116 Å². The van der Waals surface area contributed by atoms with E-state index < -0.39 is 17.8 Å². The third-order valence-electron chi connectivity index (χ3n) is 3.79. The van der Waals surface area contributed by atoms with E-state index in [-0.39, 0.29) is 28.5 Å². The lowest BCUT2D eigenvalue weighted by atomic mass is 10.1. The van der Waals surface area contributed by atoms with Crippen LogP contribution in [0.5, 0.6) is 17.2 Å². The van der Waals surface area contributed by atoms with E-state index in [0.717, 1.165) is 4.90 Å². The predicted molar refractivity (Wildman–Crippen MR) is 104 cm³/mol. The van der Waals surface area contributed by atoms with E-state index in [1.807, 2.05) is 22.6 Å². The number of ether oxygens (including phenoxy) is 1. The first-order valence-corrected chi connectivity index (χ1v) is 8.66. The third-order valence-corrected chi connectivity index (χ3v) is 4.61. The molecule has 1 saturated heterocycles. The monoisotopic (exact) mass is 480 g/mol. The Morgan fingerprint density at radius 1 is 1.11 bits per heavy atom. The van der Waals surface area contributed by atoms with Crippen molar-refractivity contribution in [3.63, 3.8) is 0 Å². The molecule has 0 aromatic heterocycles. The van der Waals surface area contributed by atoms with Crippen LogP contribution in [0.15, 0.2) is 42.0 Å².